The van der Waals surface area contributed by atoms with Crippen LogP contribution in [0.1, 0.15) is 46.3 Å². The van der Waals surface area contributed by atoms with Gasteiger partial charge in [0.2, 0.25) is 17.7 Å². The van der Waals surface area contributed by atoms with E-state index in [9.17, 15) is 9.59 Å². The van der Waals surface area contributed by atoms with Crippen LogP contribution in [0.3, 0.4) is 0 Å². The number of carboxylic acids is 1. The van der Waals surface area contributed by atoms with Gasteiger partial charge in [0, 0.05) is 36.2 Å². The number of carbonyl (C=O) groups is 2. The van der Waals surface area contributed by atoms with Crippen LogP contribution in [0, 0.1) is 6.92 Å². The average Bonchev–Trinajstić information content (AvgIpc) is 3.13. The van der Waals surface area contributed by atoms with E-state index in [1.54, 1.807) is 30.5 Å². The molecule has 162 valence electrons. The fourth-order valence-electron chi connectivity index (χ4n) is 3.19. The summed E-state index contributed by atoms with van der Waals surface area (Å²) in [4.78, 5) is 30.8. The summed E-state index contributed by atoms with van der Waals surface area (Å²) in [6, 6.07) is 8.62. The molecule has 0 unspecified atom stereocenters. The number of aryl methyl sites for hydroxylation is 3. The highest BCUT2D eigenvalue weighted by Gasteiger charge is 2.13. The predicted octanol–water partition coefficient (Wildman–Crippen LogP) is 3.35. The second-order valence-corrected chi connectivity index (χ2v) is 7.10. The van der Waals surface area contributed by atoms with Crippen molar-refractivity contribution in [2.24, 2.45) is 5.73 Å². The van der Waals surface area contributed by atoms with Crippen LogP contribution in [-0.4, -0.2) is 33.6 Å². The number of aromatic nitrogens is 2. The quantitative estimate of drug-likeness (QED) is 0.512. The highest BCUT2D eigenvalue weighted by atomic mass is 16.5. The normalized spacial score (nSPS) is 10.8. The van der Waals surface area contributed by atoms with Crippen molar-refractivity contribution in [3.63, 3.8) is 0 Å². The molecule has 2 aromatic heterocycles. The lowest BCUT2D eigenvalue weighted by atomic mass is 10.0. The molecule has 0 aliphatic heterocycles. The Bertz CT molecular complexity index is 1070. The molecule has 3 aromatic rings. The van der Waals surface area contributed by atoms with Gasteiger partial charge in [-0.2, -0.15) is 0 Å². The fourth-order valence-corrected chi connectivity index (χ4v) is 3.19. The molecular weight excluding hydrogens is 398 g/mol. The fraction of sp³-hybridized carbons (Fsp3) is 0.304. The number of oxazole rings is 1. The number of rotatable bonds is 10. The molecule has 0 bridgehead atoms. The van der Waals surface area contributed by atoms with Crippen LogP contribution in [0.15, 0.2) is 40.9 Å². The Morgan fingerprint density at radius 2 is 1.90 bits per heavy atom. The van der Waals surface area contributed by atoms with Crippen molar-refractivity contribution in [2.45, 2.75) is 39.5 Å². The smallest absolute Gasteiger partial charge is 0.303 e. The molecule has 0 aliphatic rings. The topological polar surface area (TPSA) is 129 Å². The molecule has 3 rings (SSSR count). The van der Waals surface area contributed by atoms with Crippen molar-refractivity contribution in [3.8, 4) is 17.3 Å². The first-order valence-corrected chi connectivity index (χ1v) is 10.1. The van der Waals surface area contributed by atoms with Gasteiger partial charge in [-0.05, 0) is 55.2 Å². The third-order valence-electron chi connectivity index (χ3n) is 4.94. The number of amides is 1. The Balaban J connectivity index is 1.62. The van der Waals surface area contributed by atoms with Crippen LogP contribution >= 0.6 is 0 Å². The number of hydrogen-bond acceptors (Lipinski definition) is 6. The highest BCUT2D eigenvalue weighted by Crippen LogP contribution is 2.23. The molecule has 0 radical (unpaired) electrons. The molecule has 2 heterocycles. The number of hydrogen-bond donors (Lipinski definition) is 2. The Labute approximate surface area is 180 Å². The van der Waals surface area contributed by atoms with Crippen LogP contribution in [0.5, 0.6) is 5.88 Å². The van der Waals surface area contributed by atoms with Crippen LogP contribution in [0.4, 0.5) is 0 Å². The summed E-state index contributed by atoms with van der Waals surface area (Å²) in [5.41, 5.74) is 9.19. The van der Waals surface area contributed by atoms with Crippen LogP contribution in [-0.2, 0) is 24.1 Å². The molecule has 0 atom stereocenters. The lowest BCUT2D eigenvalue weighted by Crippen LogP contribution is -2.10. The van der Waals surface area contributed by atoms with Gasteiger partial charge in [-0.1, -0.05) is 6.92 Å². The summed E-state index contributed by atoms with van der Waals surface area (Å²) in [6.07, 6.45) is 3.53. The first-order valence-electron chi connectivity index (χ1n) is 10.1. The highest BCUT2D eigenvalue weighted by molar-refractivity contribution is 5.93. The molecule has 31 heavy (non-hydrogen) atoms. The van der Waals surface area contributed by atoms with Crippen LogP contribution in [0.2, 0.25) is 0 Å². The SMILES string of the molecule is CCc1cc(OCCc2nc(-c3ccc(C(N)=O)cc3)oc2C)ncc1CCC(=O)O. The van der Waals surface area contributed by atoms with E-state index >= 15 is 0 Å². The van der Waals surface area contributed by atoms with Crippen molar-refractivity contribution < 1.29 is 23.8 Å². The number of nitrogens with two attached hydrogens (primary N) is 1. The molecule has 0 fully saturated rings. The number of pyridine rings is 1. The van der Waals surface area contributed by atoms with Gasteiger partial charge < -0.3 is 20.0 Å². The van der Waals surface area contributed by atoms with Crippen LogP contribution < -0.4 is 10.5 Å². The summed E-state index contributed by atoms with van der Waals surface area (Å²) in [5.74, 6) is 0.358. The number of carbonyl (C=O) groups excluding carboxylic acids is 1. The first kappa shape index (κ1) is 22.0. The second kappa shape index (κ2) is 9.88. The number of carboxylic acid groups (broad SMARTS) is 1. The monoisotopic (exact) mass is 423 g/mol. The van der Waals surface area contributed by atoms with E-state index < -0.39 is 11.9 Å². The van der Waals surface area contributed by atoms with Gasteiger partial charge in [-0.25, -0.2) is 9.97 Å². The van der Waals surface area contributed by atoms with Gasteiger partial charge in [0.1, 0.15) is 5.76 Å². The number of ether oxygens (including phenoxy) is 1. The number of primary amides is 1. The zero-order valence-electron chi connectivity index (χ0n) is 17.6. The van der Waals surface area contributed by atoms with Crippen molar-refractivity contribution in [3.05, 3.63) is 64.7 Å². The van der Waals surface area contributed by atoms with Gasteiger partial charge in [0.05, 0.1) is 12.3 Å². The predicted molar refractivity (Wildman–Crippen MR) is 114 cm³/mol. The van der Waals surface area contributed by atoms with Crippen molar-refractivity contribution in [2.75, 3.05) is 6.61 Å². The molecule has 8 nitrogen and oxygen atoms in total. The standard InChI is InChI=1S/C23H25N3O5/c1-3-15-12-20(25-13-18(15)8-9-21(27)28)30-11-10-19-14(2)31-23(26-19)17-6-4-16(5-7-17)22(24)29/h4-7,12-13H,3,8-11H2,1-2H3,(H2,24,29)(H,27,28). The lowest BCUT2D eigenvalue weighted by Gasteiger charge is -2.10. The van der Waals surface area contributed by atoms with Crippen LogP contribution in [0.25, 0.3) is 11.5 Å². The van der Waals surface area contributed by atoms with Gasteiger partial charge in [-0.3, -0.25) is 9.59 Å². The van der Waals surface area contributed by atoms with Crippen molar-refractivity contribution in [1.82, 2.24) is 9.97 Å². The first-order chi connectivity index (χ1) is 14.9. The lowest BCUT2D eigenvalue weighted by molar-refractivity contribution is -0.136. The van der Waals surface area contributed by atoms with Crippen molar-refractivity contribution in [1.29, 1.82) is 0 Å². The summed E-state index contributed by atoms with van der Waals surface area (Å²) in [5, 5.41) is 8.87. The van der Waals surface area contributed by atoms with E-state index in [-0.39, 0.29) is 6.42 Å². The zero-order valence-corrected chi connectivity index (χ0v) is 17.6. The molecular formula is C23H25N3O5. The molecule has 8 heteroatoms. The summed E-state index contributed by atoms with van der Waals surface area (Å²) in [7, 11) is 0. The zero-order chi connectivity index (χ0) is 22.4. The van der Waals surface area contributed by atoms with Gasteiger partial charge in [-0.15, -0.1) is 0 Å². The van der Waals surface area contributed by atoms with Gasteiger partial charge in [0.15, 0.2) is 0 Å². The number of aliphatic carboxylic acids is 1. The summed E-state index contributed by atoms with van der Waals surface area (Å²) >= 11 is 0. The minimum absolute atomic E-state index is 0.0773. The largest absolute Gasteiger partial charge is 0.481 e. The van der Waals surface area contributed by atoms with E-state index in [0.29, 0.717) is 42.5 Å². The third-order valence-corrected chi connectivity index (χ3v) is 4.94. The Hall–Kier alpha value is -3.68. The Morgan fingerprint density at radius 3 is 2.55 bits per heavy atom. The second-order valence-electron chi connectivity index (χ2n) is 7.10. The molecule has 0 aliphatic carbocycles. The van der Waals surface area contributed by atoms with E-state index in [2.05, 4.69) is 9.97 Å². The molecule has 0 spiro atoms. The van der Waals surface area contributed by atoms with E-state index in [0.717, 1.165) is 28.8 Å². The minimum Gasteiger partial charge on any atom is -0.481 e. The maximum Gasteiger partial charge on any atom is 0.303 e. The van der Waals surface area contributed by atoms with E-state index in [1.165, 1.54) is 0 Å². The maximum absolute atomic E-state index is 11.2. The van der Waals surface area contributed by atoms with E-state index in [4.69, 9.17) is 20.0 Å². The molecule has 1 amide bonds. The molecule has 0 saturated carbocycles. The molecule has 1 aromatic carbocycles. The Kier molecular flexibility index (Phi) is 7.02. The maximum atomic E-state index is 11.2. The van der Waals surface area contributed by atoms with Gasteiger partial charge >= 0.3 is 5.97 Å². The Morgan fingerprint density at radius 1 is 1.16 bits per heavy atom. The third kappa shape index (κ3) is 5.69. The summed E-state index contributed by atoms with van der Waals surface area (Å²) < 4.78 is 11.5. The summed E-state index contributed by atoms with van der Waals surface area (Å²) in [6.45, 7) is 4.23. The molecule has 3 N–H and O–H groups in total. The average molecular weight is 423 g/mol. The number of benzene rings is 1. The van der Waals surface area contributed by atoms with Gasteiger partial charge in [0.25, 0.3) is 0 Å². The molecule has 0 saturated heterocycles. The van der Waals surface area contributed by atoms with E-state index in [1.807, 2.05) is 19.9 Å². The minimum atomic E-state index is -0.825. The van der Waals surface area contributed by atoms with Crippen molar-refractivity contribution >= 4 is 11.9 Å². The number of nitrogens with zero attached hydrogens (tertiary/aromatic N) is 2.